The van der Waals surface area contributed by atoms with Crippen LogP contribution in [-0.2, 0) is 6.54 Å². The van der Waals surface area contributed by atoms with Crippen LogP contribution in [0.2, 0.25) is 0 Å². The first-order valence-corrected chi connectivity index (χ1v) is 7.73. The molecular formula is C17H14N6O2. The van der Waals surface area contributed by atoms with E-state index in [4.69, 9.17) is 0 Å². The van der Waals surface area contributed by atoms with Gasteiger partial charge in [0.25, 0.3) is 5.70 Å². The minimum atomic E-state index is -0.371. The molecule has 25 heavy (non-hydrogen) atoms. The van der Waals surface area contributed by atoms with Crippen LogP contribution in [0.3, 0.4) is 0 Å². The predicted molar refractivity (Wildman–Crippen MR) is 90.8 cm³/mol. The fourth-order valence-electron chi connectivity index (χ4n) is 2.69. The average molecular weight is 334 g/mol. The number of fused-ring (bicyclic) bond motifs is 1. The summed E-state index contributed by atoms with van der Waals surface area (Å²) in [6, 6.07) is 13.6. The molecule has 0 saturated heterocycles. The van der Waals surface area contributed by atoms with E-state index < -0.39 is 0 Å². The van der Waals surface area contributed by atoms with Crippen LogP contribution >= 0.6 is 0 Å². The van der Waals surface area contributed by atoms with Crippen LogP contribution in [0.5, 0.6) is 0 Å². The quantitative estimate of drug-likeness (QED) is 0.537. The van der Waals surface area contributed by atoms with Crippen LogP contribution in [0.15, 0.2) is 66.5 Å². The number of hydrogen-bond donors (Lipinski definition) is 0. The van der Waals surface area contributed by atoms with Gasteiger partial charge in [-0.15, -0.1) is 10.2 Å². The van der Waals surface area contributed by atoms with E-state index in [9.17, 15) is 10.1 Å². The standard InChI is InChI=1S/C17H14N6O2/c24-23(25)14-7-4-10-21(11-14)12-17-19-18-16-9-8-15(20-22(16)17)13-5-2-1-3-6-13/h1-10H,11-12H2. The molecule has 0 atom stereocenters. The third-order valence-corrected chi connectivity index (χ3v) is 3.93. The molecule has 3 aromatic rings. The molecule has 3 heterocycles. The number of hydrogen-bond acceptors (Lipinski definition) is 6. The largest absolute Gasteiger partial charge is 0.359 e. The third kappa shape index (κ3) is 2.97. The van der Waals surface area contributed by atoms with Crippen molar-refractivity contribution in [1.29, 1.82) is 0 Å². The molecule has 0 radical (unpaired) electrons. The Morgan fingerprint density at radius 3 is 2.76 bits per heavy atom. The Kier molecular flexibility index (Phi) is 3.70. The molecule has 124 valence electrons. The maximum atomic E-state index is 10.9. The Hall–Kier alpha value is -3.55. The van der Waals surface area contributed by atoms with Crippen LogP contribution in [0.4, 0.5) is 0 Å². The van der Waals surface area contributed by atoms with Gasteiger partial charge >= 0.3 is 0 Å². The number of benzene rings is 1. The van der Waals surface area contributed by atoms with E-state index in [0.717, 1.165) is 11.3 Å². The van der Waals surface area contributed by atoms with E-state index in [-0.39, 0.29) is 17.2 Å². The normalized spacial score (nSPS) is 13.9. The van der Waals surface area contributed by atoms with Crippen molar-refractivity contribution in [2.24, 2.45) is 0 Å². The van der Waals surface area contributed by atoms with Crippen molar-refractivity contribution in [2.75, 3.05) is 6.54 Å². The summed E-state index contributed by atoms with van der Waals surface area (Å²) in [6.45, 7) is 0.602. The lowest BCUT2D eigenvalue weighted by molar-refractivity contribution is -0.428. The first-order chi connectivity index (χ1) is 12.2. The summed E-state index contributed by atoms with van der Waals surface area (Å²) >= 11 is 0. The van der Waals surface area contributed by atoms with Crippen LogP contribution in [0.25, 0.3) is 16.9 Å². The summed E-state index contributed by atoms with van der Waals surface area (Å²) in [6.07, 6.45) is 4.97. The van der Waals surface area contributed by atoms with E-state index in [1.165, 1.54) is 6.08 Å². The minimum absolute atomic E-state index is 0.147. The van der Waals surface area contributed by atoms with E-state index in [0.29, 0.717) is 18.0 Å². The molecule has 0 unspecified atom stereocenters. The Morgan fingerprint density at radius 2 is 1.96 bits per heavy atom. The van der Waals surface area contributed by atoms with Crippen LogP contribution < -0.4 is 0 Å². The summed E-state index contributed by atoms with van der Waals surface area (Å²) in [7, 11) is 0. The van der Waals surface area contributed by atoms with Crippen molar-refractivity contribution in [1.82, 2.24) is 24.7 Å². The topological polar surface area (TPSA) is 89.5 Å². The lowest BCUT2D eigenvalue weighted by atomic mass is 10.1. The van der Waals surface area contributed by atoms with Crippen LogP contribution in [0, 0.1) is 10.1 Å². The maximum absolute atomic E-state index is 10.9. The van der Waals surface area contributed by atoms with Gasteiger partial charge in [0.15, 0.2) is 11.5 Å². The van der Waals surface area contributed by atoms with Crippen molar-refractivity contribution in [3.8, 4) is 11.3 Å². The number of nitrogens with zero attached hydrogens (tertiary/aromatic N) is 6. The highest BCUT2D eigenvalue weighted by Gasteiger charge is 2.19. The van der Waals surface area contributed by atoms with E-state index >= 15 is 0 Å². The summed E-state index contributed by atoms with van der Waals surface area (Å²) in [5.74, 6) is 0.627. The molecule has 8 heteroatoms. The molecule has 0 amide bonds. The molecule has 0 saturated carbocycles. The number of rotatable bonds is 4. The summed E-state index contributed by atoms with van der Waals surface area (Å²) in [4.78, 5) is 12.4. The fourth-order valence-corrected chi connectivity index (χ4v) is 2.69. The molecule has 2 aromatic heterocycles. The first-order valence-electron chi connectivity index (χ1n) is 7.73. The van der Waals surface area contributed by atoms with Crippen LogP contribution in [0.1, 0.15) is 5.82 Å². The highest BCUT2D eigenvalue weighted by molar-refractivity contribution is 5.59. The highest BCUT2D eigenvalue weighted by Crippen LogP contribution is 2.18. The van der Waals surface area contributed by atoms with Crippen molar-refractivity contribution in [3.05, 3.63) is 82.5 Å². The van der Waals surface area contributed by atoms with Crippen molar-refractivity contribution in [3.63, 3.8) is 0 Å². The molecule has 1 aromatic carbocycles. The Morgan fingerprint density at radius 1 is 1.12 bits per heavy atom. The van der Waals surface area contributed by atoms with E-state index in [1.807, 2.05) is 47.4 Å². The van der Waals surface area contributed by atoms with Gasteiger partial charge < -0.3 is 4.90 Å². The zero-order valence-electron chi connectivity index (χ0n) is 13.2. The van der Waals surface area contributed by atoms with Crippen molar-refractivity contribution >= 4 is 5.65 Å². The molecule has 0 bridgehead atoms. The van der Waals surface area contributed by atoms with E-state index in [1.54, 1.807) is 16.8 Å². The van der Waals surface area contributed by atoms with Crippen molar-refractivity contribution < 1.29 is 4.92 Å². The second-order valence-corrected chi connectivity index (χ2v) is 5.63. The number of nitro groups is 1. The molecule has 0 fully saturated rings. The van der Waals surface area contributed by atoms with Gasteiger partial charge in [-0.2, -0.15) is 9.61 Å². The smallest absolute Gasteiger partial charge is 0.265 e. The second kappa shape index (κ2) is 6.16. The Labute approximate surface area is 142 Å². The average Bonchev–Trinajstić information content (AvgIpc) is 3.05. The summed E-state index contributed by atoms with van der Waals surface area (Å²) in [5, 5.41) is 23.9. The molecule has 1 aliphatic heterocycles. The molecule has 0 aliphatic carbocycles. The van der Waals surface area contributed by atoms with Gasteiger partial charge in [0, 0.05) is 17.8 Å². The molecule has 8 nitrogen and oxygen atoms in total. The van der Waals surface area contributed by atoms with Crippen LogP contribution in [-0.4, -0.2) is 36.2 Å². The van der Waals surface area contributed by atoms with Gasteiger partial charge in [-0.25, -0.2) is 0 Å². The number of allylic oxidation sites excluding steroid dienone is 2. The zero-order chi connectivity index (χ0) is 17.2. The lowest BCUT2D eigenvalue weighted by Gasteiger charge is -2.19. The first kappa shape index (κ1) is 15.0. The Balaban J connectivity index is 1.63. The predicted octanol–water partition coefficient (Wildman–Crippen LogP) is 2.28. The minimum Gasteiger partial charge on any atom is -0.359 e. The summed E-state index contributed by atoms with van der Waals surface area (Å²) in [5.41, 5.74) is 2.60. The molecule has 1 aliphatic rings. The van der Waals surface area contributed by atoms with Gasteiger partial charge in [-0.1, -0.05) is 30.3 Å². The molecule has 4 rings (SSSR count). The molecule has 0 spiro atoms. The molecular weight excluding hydrogens is 320 g/mol. The number of aromatic nitrogens is 4. The monoisotopic (exact) mass is 334 g/mol. The summed E-state index contributed by atoms with van der Waals surface area (Å²) < 4.78 is 1.68. The van der Waals surface area contributed by atoms with E-state index in [2.05, 4.69) is 15.3 Å². The zero-order valence-corrected chi connectivity index (χ0v) is 13.2. The van der Waals surface area contributed by atoms with Gasteiger partial charge in [-0.05, 0) is 18.2 Å². The third-order valence-electron chi connectivity index (χ3n) is 3.93. The SMILES string of the molecule is O=[N+]([O-])C1=CC=CN(Cc2nnc3ccc(-c4ccccc4)nn23)C1. The van der Waals surface area contributed by atoms with Gasteiger partial charge in [0.05, 0.1) is 17.2 Å². The highest BCUT2D eigenvalue weighted by atomic mass is 16.6. The lowest BCUT2D eigenvalue weighted by Crippen LogP contribution is -2.25. The molecule has 0 N–H and O–H groups in total. The maximum Gasteiger partial charge on any atom is 0.265 e. The second-order valence-electron chi connectivity index (χ2n) is 5.63. The fraction of sp³-hybridized carbons (Fsp3) is 0.118. The van der Waals surface area contributed by atoms with Gasteiger partial charge in [-0.3, -0.25) is 10.1 Å². The Bertz CT molecular complexity index is 993. The van der Waals surface area contributed by atoms with Crippen molar-refractivity contribution in [2.45, 2.75) is 6.54 Å². The van der Waals surface area contributed by atoms with Gasteiger partial charge in [0.2, 0.25) is 0 Å². The van der Waals surface area contributed by atoms with Gasteiger partial charge in [0.1, 0.15) is 6.54 Å².